The Morgan fingerprint density at radius 2 is 1.86 bits per heavy atom. The SMILES string of the molecule is COc1cc(C(=S)N2CC(F)(F)CC2C(=O)O)cc(C(F)(F)F)c1OC.NO. The lowest BCUT2D eigenvalue weighted by Crippen LogP contribution is -2.40. The normalized spacial score (nSPS) is 18.2. The highest BCUT2D eigenvalue weighted by Gasteiger charge is 2.49. The lowest BCUT2D eigenvalue weighted by atomic mass is 10.1. The second kappa shape index (κ2) is 8.84. The Morgan fingerprint density at radius 1 is 1.29 bits per heavy atom. The Balaban J connectivity index is 0.00000190. The topological polar surface area (TPSA) is 105 Å². The number of likely N-dealkylation sites (tertiary alicyclic amines) is 1. The van der Waals surface area contributed by atoms with E-state index in [1.165, 1.54) is 0 Å². The summed E-state index contributed by atoms with van der Waals surface area (Å²) < 4.78 is 76.7. The van der Waals surface area contributed by atoms with Gasteiger partial charge in [-0.05, 0) is 12.1 Å². The molecule has 1 saturated heterocycles. The maximum atomic E-state index is 13.6. The second-order valence-corrected chi connectivity index (χ2v) is 5.99. The van der Waals surface area contributed by atoms with Crippen LogP contribution in [-0.2, 0) is 11.0 Å². The van der Waals surface area contributed by atoms with Crippen LogP contribution in [0.25, 0.3) is 0 Å². The highest BCUT2D eigenvalue weighted by Crippen LogP contribution is 2.43. The molecule has 0 bridgehead atoms. The van der Waals surface area contributed by atoms with E-state index in [0.717, 1.165) is 20.3 Å². The summed E-state index contributed by atoms with van der Waals surface area (Å²) in [6, 6.07) is 0.0742. The van der Waals surface area contributed by atoms with Crippen LogP contribution in [0.3, 0.4) is 0 Å². The van der Waals surface area contributed by atoms with Crippen molar-refractivity contribution in [3.63, 3.8) is 0 Å². The number of aliphatic carboxylic acids is 1. The maximum absolute atomic E-state index is 13.6. The number of hydrogen-bond donors (Lipinski definition) is 3. The van der Waals surface area contributed by atoms with Crippen LogP contribution in [-0.4, -0.2) is 58.9 Å². The molecule has 158 valence electrons. The predicted octanol–water partition coefficient (Wildman–Crippen LogP) is 2.53. The summed E-state index contributed by atoms with van der Waals surface area (Å²) in [5, 5.41) is 15.6. The lowest BCUT2D eigenvalue weighted by Gasteiger charge is -2.25. The smallest absolute Gasteiger partial charge is 0.420 e. The van der Waals surface area contributed by atoms with Crippen molar-refractivity contribution >= 4 is 23.2 Å². The van der Waals surface area contributed by atoms with E-state index in [-0.39, 0.29) is 11.3 Å². The summed E-state index contributed by atoms with van der Waals surface area (Å²) in [4.78, 5) is 11.5. The number of carboxylic acid groups (broad SMARTS) is 1. The summed E-state index contributed by atoms with van der Waals surface area (Å²) in [5.41, 5.74) is -1.48. The first kappa shape index (κ1) is 23.8. The molecule has 0 amide bonds. The van der Waals surface area contributed by atoms with Gasteiger partial charge in [0.15, 0.2) is 11.5 Å². The van der Waals surface area contributed by atoms with E-state index < -0.39 is 53.4 Å². The van der Waals surface area contributed by atoms with Gasteiger partial charge in [-0.3, -0.25) is 0 Å². The molecule has 2 rings (SSSR count). The number of methoxy groups -OCH3 is 2. The minimum Gasteiger partial charge on any atom is -0.493 e. The molecule has 13 heteroatoms. The molecule has 0 saturated carbocycles. The highest BCUT2D eigenvalue weighted by molar-refractivity contribution is 7.80. The fourth-order valence-corrected chi connectivity index (χ4v) is 3.02. The molecule has 1 aromatic carbocycles. The van der Waals surface area contributed by atoms with E-state index in [4.69, 9.17) is 32.0 Å². The van der Waals surface area contributed by atoms with Crippen LogP contribution >= 0.6 is 12.2 Å². The van der Waals surface area contributed by atoms with Gasteiger partial charge in [-0.1, -0.05) is 12.2 Å². The monoisotopic (exact) mass is 432 g/mol. The molecule has 1 heterocycles. The van der Waals surface area contributed by atoms with E-state index >= 15 is 0 Å². The van der Waals surface area contributed by atoms with Crippen LogP contribution in [0.15, 0.2) is 12.1 Å². The minimum atomic E-state index is -4.83. The standard InChI is InChI=1S/C15H14F5NO4S.H3NO/c1-24-10-4-7(3-8(11(10)25-2)15(18,19)20)12(26)21-6-14(16,17)5-9(21)13(22)23;1-2/h3-4,9H,5-6H2,1-2H3,(H,22,23);2H,1H2. The molecular formula is C15H17F5N2O5S. The number of benzene rings is 1. The average molecular weight is 432 g/mol. The van der Waals surface area contributed by atoms with Crippen molar-refractivity contribution in [3.05, 3.63) is 23.3 Å². The number of thiocarbonyl (C=S) groups is 1. The van der Waals surface area contributed by atoms with E-state index in [1.807, 2.05) is 0 Å². The summed E-state index contributed by atoms with van der Waals surface area (Å²) in [5.74, 6) is -2.26. The van der Waals surface area contributed by atoms with Gasteiger partial charge in [0.1, 0.15) is 16.6 Å². The van der Waals surface area contributed by atoms with Gasteiger partial charge in [0.05, 0.1) is 20.8 Å². The number of nitrogens with zero attached hydrogens (tertiary/aromatic N) is 1. The molecule has 0 radical (unpaired) electrons. The molecule has 0 spiro atoms. The van der Waals surface area contributed by atoms with E-state index in [1.54, 1.807) is 0 Å². The molecule has 1 fully saturated rings. The first-order valence-electron chi connectivity index (χ1n) is 7.42. The van der Waals surface area contributed by atoms with Gasteiger partial charge < -0.3 is 24.7 Å². The number of halogens is 5. The summed E-state index contributed by atoms with van der Waals surface area (Å²) in [7, 11) is 2.13. The molecule has 7 nitrogen and oxygen atoms in total. The molecule has 0 aromatic heterocycles. The molecule has 1 unspecified atom stereocenters. The van der Waals surface area contributed by atoms with Gasteiger partial charge in [0, 0.05) is 12.0 Å². The van der Waals surface area contributed by atoms with Gasteiger partial charge in [-0.15, -0.1) is 0 Å². The molecule has 1 aliphatic rings. The largest absolute Gasteiger partial charge is 0.493 e. The van der Waals surface area contributed by atoms with Crippen LogP contribution in [0.1, 0.15) is 17.5 Å². The van der Waals surface area contributed by atoms with Crippen molar-refractivity contribution < 1.29 is 46.5 Å². The zero-order valence-electron chi connectivity index (χ0n) is 14.6. The third-order valence-corrected chi connectivity index (χ3v) is 4.32. The molecule has 28 heavy (non-hydrogen) atoms. The Bertz CT molecular complexity index is 744. The molecular weight excluding hydrogens is 415 g/mol. The fraction of sp³-hybridized carbons (Fsp3) is 0.467. The van der Waals surface area contributed by atoms with Crippen molar-refractivity contribution in [2.75, 3.05) is 20.8 Å². The number of ether oxygens (including phenoxy) is 2. The quantitative estimate of drug-likeness (QED) is 0.379. The zero-order valence-corrected chi connectivity index (χ0v) is 15.4. The fourth-order valence-electron chi connectivity index (χ4n) is 2.72. The Morgan fingerprint density at radius 3 is 2.29 bits per heavy atom. The van der Waals surface area contributed by atoms with Gasteiger partial charge in [0.2, 0.25) is 0 Å². The van der Waals surface area contributed by atoms with Crippen LogP contribution < -0.4 is 15.4 Å². The average Bonchev–Trinajstić information content (AvgIpc) is 2.96. The maximum Gasteiger partial charge on any atom is 0.420 e. The van der Waals surface area contributed by atoms with Gasteiger partial charge >= 0.3 is 12.1 Å². The van der Waals surface area contributed by atoms with E-state index in [9.17, 15) is 26.7 Å². The molecule has 4 N–H and O–H groups in total. The second-order valence-electron chi connectivity index (χ2n) is 5.60. The van der Waals surface area contributed by atoms with Crippen LogP contribution in [0.5, 0.6) is 11.5 Å². The van der Waals surface area contributed by atoms with Gasteiger partial charge in [0.25, 0.3) is 5.92 Å². The molecule has 1 atom stereocenters. The van der Waals surface area contributed by atoms with Gasteiger partial charge in [-0.2, -0.15) is 13.2 Å². The zero-order chi connectivity index (χ0) is 21.9. The van der Waals surface area contributed by atoms with Crippen molar-refractivity contribution in [2.24, 2.45) is 5.90 Å². The first-order chi connectivity index (χ1) is 12.9. The van der Waals surface area contributed by atoms with Crippen molar-refractivity contribution in [1.29, 1.82) is 0 Å². The summed E-state index contributed by atoms with van der Waals surface area (Å²) in [6.45, 7) is -1.00. The molecule has 0 aliphatic carbocycles. The number of hydrogen-bond acceptors (Lipinski definition) is 6. The van der Waals surface area contributed by atoms with Gasteiger partial charge in [-0.25, -0.2) is 19.5 Å². The van der Waals surface area contributed by atoms with Crippen molar-refractivity contribution in [3.8, 4) is 11.5 Å². The number of carbonyl (C=O) groups is 1. The minimum absolute atomic E-state index is 0.270. The van der Waals surface area contributed by atoms with Crippen molar-refractivity contribution in [1.82, 2.24) is 4.90 Å². The lowest BCUT2D eigenvalue weighted by molar-refractivity contribution is -0.141. The first-order valence-corrected chi connectivity index (χ1v) is 7.82. The third kappa shape index (κ3) is 4.97. The molecule has 1 aromatic rings. The van der Waals surface area contributed by atoms with Crippen LogP contribution in [0.2, 0.25) is 0 Å². The Labute approximate surface area is 161 Å². The number of nitrogens with two attached hydrogens (primary N) is 1. The van der Waals surface area contributed by atoms with Crippen LogP contribution in [0.4, 0.5) is 22.0 Å². The van der Waals surface area contributed by atoms with E-state index in [0.29, 0.717) is 11.0 Å². The molecule has 1 aliphatic heterocycles. The third-order valence-electron chi connectivity index (χ3n) is 3.85. The van der Waals surface area contributed by atoms with Crippen LogP contribution in [0, 0.1) is 0 Å². The summed E-state index contributed by atoms with van der Waals surface area (Å²) >= 11 is 5.01. The Kier molecular flexibility index (Phi) is 7.51. The highest BCUT2D eigenvalue weighted by atomic mass is 32.1. The Hall–Kier alpha value is -2.25. The predicted molar refractivity (Wildman–Crippen MR) is 89.9 cm³/mol. The summed E-state index contributed by atoms with van der Waals surface area (Å²) in [6.07, 6.45) is -5.81. The number of rotatable bonds is 4. The number of carboxylic acids is 1. The number of alkyl halides is 5. The van der Waals surface area contributed by atoms with E-state index in [2.05, 4.69) is 5.90 Å². The van der Waals surface area contributed by atoms with Crippen molar-refractivity contribution in [2.45, 2.75) is 24.6 Å².